The van der Waals surface area contributed by atoms with E-state index in [2.05, 4.69) is 72.8 Å². The number of hydrogen-bond acceptors (Lipinski definition) is 4. The second-order valence-electron chi connectivity index (χ2n) is 9.38. The van der Waals surface area contributed by atoms with Crippen LogP contribution in [0.15, 0.2) is 54.6 Å². The Morgan fingerprint density at radius 2 is 1.76 bits per heavy atom. The number of hydrogen-bond donors (Lipinski definition) is 2. The van der Waals surface area contributed by atoms with E-state index in [1.807, 2.05) is 23.1 Å². The van der Waals surface area contributed by atoms with Crippen LogP contribution in [-0.2, 0) is 9.59 Å². The molecule has 0 aromatic heterocycles. The number of carbonyl (C=O) groups excluding carboxylic acids is 2. The van der Waals surface area contributed by atoms with E-state index in [-0.39, 0.29) is 23.9 Å². The summed E-state index contributed by atoms with van der Waals surface area (Å²) in [5.74, 6) is 0.177. The highest BCUT2D eigenvalue weighted by atomic mass is 16.2. The molecule has 178 valence electrons. The van der Waals surface area contributed by atoms with Crippen LogP contribution in [0.25, 0.3) is 0 Å². The fourth-order valence-electron chi connectivity index (χ4n) is 4.44. The third-order valence-electron chi connectivity index (χ3n) is 6.47. The second-order valence-corrected chi connectivity index (χ2v) is 9.38. The van der Waals surface area contributed by atoms with Crippen LogP contribution in [0, 0.1) is 5.92 Å². The summed E-state index contributed by atoms with van der Waals surface area (Å²) in [7, 11) is 3.81. The maximum absolute atomic E-state index is 13.6. The first kappa shape index (κ1) is 24.8. The van der Waals surface area contributed by atoms with Crippen LogP contribution in [0.4, 0.5) is 11.4 Å². The van der Waals surface area contributed by atoms with E-state index in [0.29, 0.717) is 18.9 Å². The molecule has 0 bridgehead atoms. The largest absolute Gasteiger partial charge is 0.345 e. The highest BCUT2D eigenvalue weighted by Crippen LogP contribution is 2.35. The van der Waals surface area contributed by atoms with Crippen molar-refractivity contribution in [3.63, 3.8) is 0 Å². The fraction of sp³-hybridized carbons (Fsp3) is 0.481. The molecule has 1 fully saturated rings. The van der Waals surface area contributed by atoms with Gasteiger partial charge in [-0.1, -0.05) is 44.2 Å². The number of nitrogens with one attached hydrogen (secondary N) is 2. The summed E-state index contributed by atoms with van der Waals surface area (Å²) in [6.45, 7) is 6.69. The number of likely N-dealkylation sites (tertiary alicyclic amines) is 1. The van der Waals surface area contributed by atoms with Gasteiger partial charge in [-0.15, -0.1) is 0 Å². The Morgan fingerprint density at radius 3 is 2.42 bits per heavy atom. The van der Waals surface area contributed by atoms with E-state index in [9.17, 15) is 9.59 Å². The van der Waals surface area contributed by atoms with E-state index in [1.165, 1.54) is 0 Å². The van der Waals surface area contributed by atoms with Gasteiger partial charge in [-0.3, -0.25) is 9.59 Å². The Bertz CT molecular complexity index is 931. The monoisotopic (exact) mass is 450 g/mol. The molecule has 0 spiro atoms. The van der Waals surface area contributed by atoms with Gasteiger partial charge in [0.2, 0.25) is 11.8 Å². The normalized spacial score (nSPS) is 17.6. The number of benzene rings is 2. The average Bonchev–Trinajstić information content (AvgIpc) is 3.32. The Morgan fingerprint density at radius 1 is 1.06 bits per heavy atom. The van der Waals surface area contributed by atoms with Crippen LogP contribution < -0.4 is 15.5 Å². The lowest BCUT2D eigenvalue weighted by atomic mass is 9.99. The minimum atomic E-state index is -0.510. The van der Waals surface area contributed by atoms with Gasteiger partial charge < -0.3 is 20.4 Å². The van der Waals surface area contributed by atoms with E-state index in [4.69, 9.17) is 0 Å². The van der Waals surface area contributed by atoms with Crippen LogP contribution in [0.1, 0.15) is 51.6 Å². The molecule has 2 aromatic carbocycles. The van der Waals surface area contributed by atoms with Crippen molar-refractivity contribution in [3.8, 4) is 0 Å². The number of likely N-dealkylation sites (N-methyl/N-ethyl adjacent to an activating group) is 1. The predicted octanol–water partition coefficient (Wildman–Crippen LogP) is 4.26. The molecule has 0 aliphatic carbocycles. The minimum absolute atomic E-state index is 0.0182. The molecule has 2 aromatic rings. The molecule has 1 aliphatic rings. The quantitative estimate of drug-likeness (QED) is 0.599. The van der Waals surface area contributed by atoms with E-state index in [1.54, 1.807) is 14.0 Å². The number of rotatable bonds is 9. The van der Waals surface area contributed by atoms with Gasteiger partial charge in [0.15, 0.2) is 0 Å². The smallest absolute Gasteiger partial charge is 0.245 e. The number of anilines is 2. The molecule has 3 rings (SSSR count). The van der Waals surface area contributed by atoms with Gasteiger partial charge in [0.1, 0.15) is 6.04 Å². The first-order valence-corrected chi connectivity index (χ1v) is 12.0. The summed E-state index contributed by atoms with van der Waals surface area (Å²) in [4.78, 5) is 30.3. The lowest BCUT2D eigenvalue weighted by Crippen LogP contribution is -2.52. The zero-order chi connectivity index (χ0) is 24.0. The molecule has 1 saturated heterocycles. The minimum Gasteiger partial charge on any atom is -0.345 e. The highest BCUT2D eigenvalue weighted by Gasteiger charge is 2.35. The zero-order valence-electron chi connectivity index (χ0n) is 20.5. The Hall–Kier alpha value is -2.86. The maximum atomic E-state index is 13.6. The van der Waals surface area contributed by atoms with Crippen molar-refractivity contribution >= 4 is 23.2 Å². The average molecular weight is 451 g/mol. The first-order valence-electron chi connectivity index (χ1n) is 12.0. The van der Waals surface area contributed by atoms with Gasteiger partial charge in [-0.2, -0.15) is 0 Å². The van der Waals surface area contributed by atoms with E-state index in [0.717, 1.165) is 29.8 Å². The standard InChI is InChI=1S/C27H38N4O2/c1-19(2)17-24(29-26(32)20(3)28-4)27(33)31-16-10-15-25(31)21-11-9-14-23(18-21)30(5)22-12-7-6-8-13-22/h6-9,11-14,18-20,24-25,28H,10,15-17H2,1-5H3,(H,29,32)/t20-,24-,25-/m0/s1. The fourth-order valence-corrected chi connectivity index (χ4v) is 4.44. The van der Waals surface area contributed by atoms with Crippen LogP contribution in [-0.4, -0.2) is 49.4 Å². The van der Waals surface area contributed by atoms with Crippen molar-refractivity contribution in [2.75, 3.05) is 25.5 Å². The summed E-state index contributed by atoms with van der Waals surface area (Å²) in [6, 6.07) is 17.9. The van der Waals surface area contributed by atoms with Gasteiger partial charge in [0, 0.05) is 25.0 Å². The summed E-state index contributed by atoms with van der Waals surface area (Å²) < 4.78 is 0. The number of carbonyl (C=O) groups is 2. The van der Waals surface area contributed by atoms with Gasteiger partial charge in [0.05, 0.1) is 12.1 Å². The van der Waals surface area contributed by atoms with Crippen molar-refractivity contribution in [2.24, 2.45) is 5.92 Å². The van der Waals surface area contributed by atoms with Gasteiger partial charge in [-0.05, 0) is 69.0 Å². The SMILES string of the molecule is CN[C@@H](C)C(=O)N[C@@H](CC(C)C)C(=O)N1CCC[C@H]1c1cccc(N(C)c2ccccc2)c1. The van der Waals surface area contributed by atoms with Crippen molar-refractivity contribution in [1.82, 2.24) is 15.5 Å². The summed E-state index contributed by atoms with van der Waals surface area (Å²) in [5, 5.41) is 5.95. The molecule has 3 atom stereocenters. The summed E-state index contributed by atoms with van der Waals surface area (Å²) in [5.41, 5.74) is 3.35. The number of para-hydroxylation sites is 1. The number of nitrogens with zero attached hydrogens (tertiary/aromatic N) is 2. The van der Waals surface area contributed by atoms with E-state index < -0.39 is 6.04 Å². The highest BCUT2D eigenvalue weighted by molar-refractivity contribution is 5.90. The first-order chi connectivity index (χ1) is 15.8. The Kier molecular flexibility index (Phi) is 8.50. The van der Waals surface area contributed by atoms with Crippen molar-refractivity contribution < 1.29 is 9.59 Å². The Labute approximate surface area is 198 Å². The van der Waals surface area contributed by atoms with Gasteiger partial charge in [0.25, 0.3) is 0 Å². The zero-order valence-corrected chi connectivity index (χ0v) is 20.5. The molecule has 0 saturated carbocycles. The topological polar surface area (TPSA) is 64.7 Å². The van der Waals surface area contributed by atoms with Crippen molar-refractivity contribution in [1.29, 1.82) is 0 Å². The van der Waals surface area contributed by atoms with Gasteiger partial charge in [-0.25, -0.2) is 0 Å². The van der Waals surface area contributed by atoms with Crippen LogP contribution in [0.3, 0.4) is 0 Å². The molecule has 6 nitrogen and oxygen atoms in total. The van der Waals surface area contributed by atoms with Crippen LogP contribution in [0.2, 0.25) is 0 Å². The molecular formula is C27H38N4O2. The molecule has 1 aliphatic heterocycles. The molecule has 33 heavy (non-hydrogen) atoms. The predicted molar refractivity (Wildman–Crippen MR) is 135 cm³/mol. The van der Waals surface area contributed by atoms with Gasteiger partial charge >= 0.3 is 0 Å². The molecule has 0 radical (unpaired) electrons. The maximum Gasteiger partial charge on any atom is 0.245 e. The van der Waals surface area contributed by atoms with Crippen molar-refractivity contribution in [3.05, 3.63) is 60.2 Å². The van der Waals surface area contributed by atoms with E-state index >= 15 is 0 Å². The molecule has 1 heterocycles. The Balaban J connectivity index is 1.81. The summed E-state index contributed by atoms with van der Waals surface area (Å²) in [6.07, 6.45) is 2.52. The summed E-state index contributed by atoms with van der Waals surface area (Å²) >= 11 is 0. The molecule has 2 amide bonds. The third kappa shape index (κ3) is 6.14. The second kappa shape index (κ2) is 11.3. The molecule has 0 unspecified atom stereocenters. The molecular weight excluding hydrogens is 412 g/mol. The lowest BCUT2D eigenvalue weighted by molar-refractivity contribution is -0.138. The van der Waals surface area contributed by atoms with Crippen molar-refractivity contribution in [2.45, 2.75) is 58.2 Å². The van der Waals surface area contributed by atoms with Crippen LogP contribution >= 0.6 is 0 Å². The number of amides is 2. The molecule has 6 heteroatoms. The third-order valence-corrected chi connectivity index (χ3v) is 6.47. The lowest BCUT2D eigenvalue weighted by Gasteiger charge is -2.31. The molecule has 2 N–H and O–H groups in total. The van der Waals surface area contributed by atoms with Crippen LogP contribution in [0.5, 0.6) is 0 Å².